The number of guanidine groups is 1. The van der Waals surface area contributed by atoms with Gasteiger partial charge in [0, 0.05) is 18.5 Å². The molecular formula is C38H58N5O6P. The number of ether oxygens (including phenoxy) is 2. The van der Waals surface area contributed by atoms with Crippen molar-refractivity contribution in [2.45, 2.75) is 116 Å². The molecule has 2 atom stereocenters. The Kier molecular flexibility index (Phi) is 18.0. The van der Waals surface area contributed by atoms with Crippen molar-refractivity contribution >= 4 is 42.4 Å². The number of unbranched alkanes of at least 4 members (excludes halogenated alkanes) is 15. The fourth-order valence-corrected chi connectivity index (χ4v) is 7.51. The summed E-state index contributed by atoms with van der Waals surface area (Å²) in [6.07, 6.45) is 22.5. The highest BCUT2D eigenvalue weighted by Crippen LogP contribution is 2.49. The van der Waals surface area contributed by atoms with Crippen molar-refractivity contribution in [3.05, 3.63) is 42.5 Å². The Labute approximate surface area is 298 Å². The van der Waals surface area contributed by atoms with E-state index in [0.717, 1.165) is 23.6 Å². The number of rotatable bonds is 28. The van der Waals surface area contributed by atoms with Crippen LogP contribution in [0.1, 0.15) is 110 Å². The monoisotopic (exact) mass is 711 g/mol. The van der Waals surface area contributed by atoms with Gasteiger partial charge in [0.05, 0.1) is 26.2 Å². The molecule has 12 heteroatoms. The van der Waals surface area contributed by atoms with E-state index in [4.69, 9.17) is 24.3 Å². The van der Waals surface area contributed by atoms with Crippen LogP contribution in [0.2, 0.25) is 0 Å². The van der Waals surface area contributed by atoms with Gasteiger partial charge >= 0.3 is 7.60 Å². The topological polar surface area (TPSA) is 137 Å². The van der Waals surface area contributed by atoms with Gasteiger partial charge in [-0.15, -0.1) is 0 Å². The van der Waals surface area contributed by atoms with E-state index in [9.17, 15) is 9.36 Å². The lowest BCUT2D eigenvalue weighted by molar-refractivity contribution is -0.117. The summed E-state index contributed by atoms with van der Waals surface area (Å²) in [4.78, 5) is 25.7. The minimum Gasteiger partial charge on any atom is -0.422 e. The number of benzene rings is 2. The fraction of sp³-hybridized carbons (Fsp3) is 0.632. The number of nitrogens with zero attached hydrogens (tertiary/aromatic N) is 4. The van der Waals surface area contributed by atoms with Crippen LogP contribution in [0.3, 0.4) is 0 Å². The minimum absolute atomic E-state index is 0.101. The molecule has 1 amide bonds. The summed E-state index contributed by atoms with van der Waals surface area (Å²) in [5.74, 6) is 0.309. The van der Waals surface area contributed by atoms with Crippen molar-refractivity contribution in [3.63, 3.8) is 0 Å². The third-order valence-corrected chi connectivity index (χ3v) is 10.5. The van der Waals surface area contributed by atoms with Gasteiger partial charge < -0.3 is 24.6 Å². The molecule has 0 aromatic heterocycles. The summed E-state index contributed by atoms with van der Waals surface area (Å²) in [7, 11) is -3.73. The summed E-state index contributed by atoms with van der Waals surface area (Å²) in [6, 6.07) is 12.6. The number of hydrogen-bond acceptors (Lipinski definition) is 10. The Balaban J connectivity index is 1.09. The average Bonchev–Trinajstić information content (AvgIpc) is 3.52. The molecule has 0 bridgehead atoms. The molecule has 2 heterocycles. The quantitative estimate of drug-likeness (QED) is 0.0684. The molecule has 2 aromatic rings. The Morgan fingerprint density at radius 3 is 2.08 bits per heavy atom. The molecule has 0 aliphatic carbocycles. The Morgan fingerprint density at radius 2 is 1.38 bits per heavy atom. The number of nitrogens with two attached hydrogens (primary N) is 1. The van der Waals surface area contributed by atoms with Gasteiger partial charge in [-0.1, -0.05) is 140 Å². The van der Waals surface area contributed by atoms with Gasteiger partial charge in [0.25, 0.3) is 5.91 Å². The van der Waals surface area contributed by atoms with Crippen LogP contribution >= 0.6 is 7.60 Å². The number of amidine groups is 1. The van der Waals surface area contributed by atoms with Crippen molar-refractivity contribution < 1.29 is 27.9 Å². The summed E-state index contributed by atoms with van der Waals surface area (Å²) < 4.78 is 37.5. The summed E-state index contributed by atoms with van der Waals surface area (Å²) in [5, 5.41) is 1.80. The van der Waals surface area contributed by atoms with Crippen molar-refractivity contribution in [2.75, 3.05) is 39.3 Å². The molecule has 2 aliphatic heterocycles. The number of aliphatic imine (C=N–C) groups is 3. The smallest absolute Gasteiger partial charge is 0.404 e. The van der Waals surface area contributed by atoms with Crippen LogP contribution in [0.25, 0.3) is 10.8 Å². The van der Waals surface area contributed by atoms with Crippen molar-refractivity contribution in [1.29, 1.82) is 0 Å². The minimum atomic E-state index is -3.73. The molecule has 50 heavy (non-hydrogen) atoms. The summed E-state index contributed by atoms with van der Waals surface area (Å²) in [5.41, 5.74) is 5.66. The van der Waals surface area contributed by atoms with Crippen LogP contribution in [0, 0.1) is 0 Å². The van der Waals surface area contributed by atoms with E-state index in [1.54, 1.807) is 11.0 Å². The van der Waals surface area contributed by atoms with Gasteiger partial charge in [-0.05, 0) is 17.9 Å². The summed E-state index contributed by atoms with van der Waals surface area (Å²) >= 11 is 0. The van der Waals surface area contributed by atoms with E-state index < -0.39 is 19.5 Å². The zero-order valence-electron chi connectivity index (χ0n) is 30.0. The lowest BCUT2D eigenvalue weighted by Crippen LogP contribution is -2.41. The molecule has 0 saturated heterocycles. The van der Waals surface area contributed by atoms with Gasteiger partial charge in [-0.3, -0.25) is 14.3 Å². The maximum absolute atomic E-state index is 14.0. The molecule has 0 saturated carbocycles. The second-order valence-corrected chi connectivity index (χ2v) is 15.0. The molecule has 0 fully saturated rings. The van der Waals surface area contributed by atoms with Gasteiger partial charge in [0.2, 0.25) is 5.96 Å². The van der Waals surface area contributed by atoms with Crippen molar-refractivity contribution in [1.82, 2.24) is 4.90 Å². The molecule has 11 nitrogen and oxygen atoms in total. The zero-order valence-corrected chi connectivity index (χ0v) is 30.9. The lowest BCUT2D eigenvalue weighted by Gasteiger charge is -2.22. The first kappa shape index (κ1) is 39.7. The first-order chi connectivity index (χ1) is 24.5. The second-order valence-electron chi connectivity index (χ2n) is 13.1. The average molecular weight is 712 g/mol. The highest BCUT2D eigenvalue weighted by molar-refractivity contribution is 7.54. The second kappa shape index (κ2) is 22.7. The van der Waals surface area contributed by atoms with E-state index in [2.05, 4.69) is 21.9 Å². The van der Waals surface area contributed by atoms with Crippen LogP contribution < -0.4 is 10.3 Å². The first-order valence-corrected chi connectivity index (χ1v) is 20.5. The highest BCUT2D eigenvalue weighted by Gasteiger charge is 2.35. The number of hydrogen-bond donors (Lipinski definition) is 1. The zero-order chi connectivity index (χ0) is 35.3. The number of carbonyl (C=O) groups is 1. The molecule has 2 aliphatic rings. The third-order valence-electron chi connectivity index (χ3n) is 8.95. The number of fused-ring (bicyclic) bond motifs is 2. The lowest BCUT2D eigenvalue weighted by atomic mass is 10.0. The predicted octanol–water partition coefficient (Wildman–Crippen LogP) is 8.65. The summed E-state index contributed by atoms with van der Waals surface area (Å²) in [6.45, 7) is 3.82. The molecule has 276 valence electrons. The van der Waals surface area contributed by atoms with Crippen LogP contribution in [-0.4, -0.2) is 74.3 Å². The van der Waals surface area contributed by atoms with Crippen LogP contribution in [-0.2, 0) is 23.4 Å². The SMILES string of the molecule is CCCCCCCCCCCCCCCCCCOCCOP(=O)(COCCN1C=NC2C(=O)N=C(N)N=C21)Oc1cccc2ccccc12. The van der Waals surface area contributed by atoms with E-state index in [-0.39, 0.29) is 25.5 Å². The normalized spacial score (nSPS) is 16.8. The molecule has 4 rings (SSSR count). The van der Waals surface area contributed by atoms with Gasteiger partial charge in [-0.25, -0.2) is 4.57 Å². The van der Waals surface area contributed by atoms with E-state index in [0.29, 0.717) is 31.3 Å². The van der Waals surface area contributed by atoms with E-state index >= 15 is 0 Å². The molecular weight excluding hydrogens is 653 g/mol. The molecule has 2 aromatic carbocycles. The first-order valence-electron chi connectivity index (χ1n) is 18.8. The number of carbonyl (C=O) groups excluding carboxylic acids is 1. The molecule has 0 spiro atoms. The van der Waals surface area contributed by atoms with Gasteiger partial charge in [0.15, 0.2) is 12.4 Å². The Hall–Kier alpha value is -3.11. The third kappa shape index (κ3) is 13.9. The predicted molar refractivity (Wildman–Crippen MR) is 202 cm³/mol. The number of amides is 1. The van der Waals surface area contributed by atoms with E-state index in [1.807, 2.05) is 36.4 Å². The van der Waals surface area contributed by atoms with Crippen LogP contribution in [0.5, 0.6) is 5.75 Å². The van der Waals surface area contributed by atoms with E-state index in [1.165, 1.54) is 96.2 Å². The van der Waals surface area contributed by atoms with Crippen molar-refractivity contribution in [2.24, 2.45) is 20.7 Å². The van der Waals surface area contributed by atoms with Gasteiger partial charge in [-0.2, -0.15) is 9.98 Å². The van der Waals surface area contributed by atoms with Gasteiger partial charge in [0.1, 0.15) is 11.6 Å². The molecule has 2 N–H and O–H groups in total. The Bertz CT molecular complexity index is 1440. The van der Waals surface area contributed by atoms with Crippen LogP contribution in [0.4, 0.5) is 0 Å². The maximum Gasteiger partial charge on any atom is 0.404 e. The largest absolute Gasteiger partial charge is 0.422 e. The van der Waals surface area contributed by atoms with Crippen molar-refractivity contribution in [3.8, 4) is 5.75 Å². The maximum atomic E-state index is 14.0. The van der Waals surface area contributed by atoms with Crippen LogP contribution in [0.15, 0.2) is 57.4 Å². The Morgan fingerprint density at radius 1 is 0.740 bits per heavy atom. The molecule has 2 unspecified atom stereocenters. The standard InChI is InChI=1S/C38H58N5O6P/c1-2-3-4-5-6-7-8-9-10-11-12-13-14-15-16-19-26-46-28-29-48-50(45,49-34-24-20-22-32-21-17-18-23-33(32)34)31-47-27-25-43-30-40-35-36(43)41-38(39)42-37(35)44/h17-18,20-24,30,35H,2-16,19,25-29,31H2,1H3,(H2,39,42,44). The highest BCUT2D eigenvalue weighted by atomic mass is 31.2. The fourth-order valence-electron chi connectivity index (χ4n) is 6.16. The molecule has 0 radical (unpaired) electrons.